The number of benzene rings is 2. The average molecular weight is 481 g/mol. The van der Waals surface area contributed by atoms with Crippen molar-refractivity contribution >= 4 is 16.8 Å². The third kappa shape index (κ3) is 4.19. The van der Waals surface area contributed by atoms with Gasteiger partial charge in [-0.25, -0.2) is 9.07 Å². The molecule has 1 saturated heterocycles. The van der Waals surface area contributed by atoms with Crippen molar-refractivity contribution in [1.82, 2.24) is 24.9 Å². The second-order valence-electron chi connectivity index (χ2n) is 8.50. The molecule has 3 heterocycles. The molecule has 0 spiro atoms. The van der Waals surface area contributed by atoms with Crippen molar-refractivity contribution < 1.29 is 29.2 Å². The predicted molar refractivity (Wildman–Crippen MR) is 123 cm³/mol. The molecule has 4 N–H and O–H groups in total. The van der Waals surface area contributed by atoms with Crippen molar-refractivity contribution in [2.24, 2.45) is 0 Å². The number of H-pyrrole nitrogens is 1. The van der Waals surface area contributed by atoms with E-state index in [1.54, 1.807) is 12.1 Å². The zero-order chi connectivity index (χ0) is 24.7. The van der Waals surface area contributed by atoms with Crippen LogP contribution in [0.3, 0.4) is 0 Å². The molecule has 2 aromatic carbocycles. The lowest BCUT2D eigenvalue weighted by Crippen LogP contribution is -2.61. The Morgan fingerprint density at radius 2 is 1.97 bits per heavy atom. The highest BCUT2D eigenvalue weighted by Gasteiger charge is 2.48. The first-order valence-electron chi connectivity index (χ1n) is 11.0. The molecule has 1 fully saturated rings. The van der Waals surface area contributed by atoms with E-state index in [0.717, 1.165) is 10.9 Å². The van der Waals surface area contributed by atoms with Crippen LogP contribution in [-0.2, 0) is 4.74 Å². The number of carbonyl (C=O) groups is 1. The number of ether oxygens (including phenoxy) is 1. The number of hydrogen-bond donors (Lipinski definition) is 4. The van der Waals surface area contributed by atoms with E-state index in [-0.39, 0.29) is 0 Å². The van der Waals surface area contributed by atoms with E-state index >= 15 is 0 Å². The molecule has 182 valence electrons. The number of halogens is 1. The fraction of sp³-hybridized carbons (Fsp3) is 0.292. The number of hydrogen-bond acceptors (Lipinski definition) is 7. The van der Waals surface area contributed by atoms with Gasteiger partial charge < -0.3 is 29.9 Å². The minimum absolute atomic E-state index is 0.293. The van der Waals surface area contributed by atoms with Gasteiger partial charge in [0.05, 0.1) is 12.8 Å². The number of nitrogens with zero attached hydrogens (tertiary/aromatic N) is 4. The zero-order valence-corrected chi connectivity index (χ0v) is 18.7. The van der Waals surface area contributed by atoms with Gasteiger partial charge in [-0.3, -0.25) is 4.79 Å². The molecule has 5 atom stereocenters. The molecule has 5 rings (SSSR count). The van der Waals surface area contributed by atoms with Gasteiger partial charge in [-0.1, -0.05) is 35.5 Å². The average Bonchev–Trinajstić information content (AvgIpc) is 3.51. The van der Waals surface area contributed by atoms with E-state index in [4.69, 9.17) is 4.74 Å². The first kappa shape index (κ1) is 23.1. The monoisotopic (exact) mass is 481 g/mol. The molecular weight excluding hydrogens is 457 g/mol. The molecule has 0 bridgehead atoms. The van der Waals surface area contributed by atoms with Gasteiger partial charge in [0.2, 0.25) is 0 Å². The highest BCUT2D eigenvalue weighted by atomic mass is 19.1. The molecule has 35 heavy (non-hydrogen) atoms. The molecule has 10 nitrogen and oxygen atoms in total. The van der Waals surface area contributed by atoms with Gasteiger partial charge in [0.25, 0.3) is 5.91 Å². The Bertz CT molecular complexity index is 1320. The van der Waals surface area contributed by atoms with E-state index in [2.05, 4.69) is 15.3 Å². The van der Waals surface area contributed by atoms with E-state index < -0.39 is 48.9 Å². The second-order valence-corrected chi connectivity index (χ2v) is 8.50. The minimum atomic E-state index is -1.42. The molecule has 1 aliphatic heterocycles. The predicted octanol–water partition coefficient (Wildman–Crippen LogP) is 1.32. The third-order valence-corrected chi connectivity index (χ3v) is 6.27. The largest absolute Gasteiger partial charge is 0.394 e. The Kier molecular flexibility index (Phi) is 6.07. The summed E-state index contributed by atoms with van der Waals surface area (Å²) in [5, 5.41) is 40.7. The van der Waals surface area contributed by atoms with Crippen LogP contribution in [0.15, 0.2) is 60.8 Å². The molecule has 2 aromatic heterocycles. The normalized spacial score (nSPS) is 24.5. The van der Waals surface area contributed by atoms with Gasteiger partial charge in [-0.2, -0.15) is 0 Å². The summed E-state index contributed by atoms with van der Waals surface area (Å²) in [6, 6.07) is 13.8. The van der Waals surface area contributed by atoms with Crippen molar-refractivity contribution in [3.8, 4) is 11.3 Å². The Morgan fingerprint density at radius 1 is 1.17 bits per heavy atom. The number of likely N-dealkylation sites (N-methyl/N-ethyl adjacent to an activating group) is 1. The summed E-state index contributed by atoms with van der Waals surface area (Å²) < 4.78 is 20.6. The van der Waals surface area contributed by atoms with Gasteiger partial charge in [-0.05, 0) is 24.3 Å². The van der Waals surface area contributed by atoms with Crippen LogP contribution in [0.1, 0.15) is 16.5 Å². The number of nitrogens with one attached hydrogen (secondary N) is 1. The number of amides is 1. The number of aromatic nitrogens is 4. The van der Waals surface area contributed by atoms with Gasteiger partial charge in [0.1, 0.15) is 41.6 Å². The molecule has 0 radical (unpaired) electrons. The maximum Gasteiger partial charge on any atom is 0.272 e. The highest BCUT2D eigenvalue weighted by molar-refractivity contribution is 5.98. The Morgan fingerprint density at radius 3 is 2.71 bits per heavy atom. The lowest BCUT2D eigenvalue weighted by Gasteiger charge is -2.44. The lowest BCUT2D eigenvalue weighted by molar-refractivity contribution is -0.235. The van der Waals surface area contributed by atoms with Crippen LogP contribution in [0, 0.1) is 5.82 Å². The molecule has 11 heteroatoms. The molecule has 0 saturated carbocycles. The van der Waals surface area contributed by atoms with Crippen molar-refractivity contribution in [3.63, 3.8) is 0 Å². The summed E-state index contributed by atoms with van der Waals surface area (Å²) in [4.78, 5) is 17.5. The SMILES string of the molecule is CN(C(=O)c1cc2ccccc2[nH]1)[C@@H]1OC(CO)[C@H](O)C(n2cc(-c3cccc(F)c3)nn2)[C@@H]1O. The Hall–Kier alpha value is -3.64. The smallest absolute Gasteiger partial charge is 0.272 e. The second kappa shape index (κ2) is 9.19. The number of carbonyl (C=O) groups excluding carboxylic acids is 1. The van der Waals surface area contributed by atoms with Gasteiger partial charge in [0, 0.05) is 23.5 Å². The van der Waals surface area contributed by atoms with Crippen molar-refractivity contribution in [3.05, 3.63) is 72.3 Å². The van der Waals surface area contributed by atoms with Crippen LogP contribution < -0.4 is 0 Å². The van der Waals surface area contributed by atoms with Crippen LogP contribution in [0.2, 0.25) is 0 Å². The van der Waals surface area contributed by atoms with Gasteiger partial charge in [-0.15, -0.1) is 5.10 Å². The quantitative estimate of drug-likeness (QED) is 0.337. The number of aliphatic hydroxyl groups is 3. The summed E-state index contributed by atoms with van der Waals surface area (Å²) >= 11 is 0. The van der Waals surface area contributed by atoms with Crippen LogP contribution >= 0.6 is 0 Å². The number of fused-ring (bicyclic) bond motifs is 1. The minimum Gasteiger partial charge on any atom is -0.394 e. The molecule has 0 aliphatic carbocycles. The molecule has 1 aliphatic rings. The topological polar surface area (TPSA) is 137 Å². The number of aromatic amines is 1. The van der Waals surface area contributed by atoms with Crippen LogP contribution in [-0.4, -0.2) is 84.3 Å². The molecule has 2 unspecified atom stereocenters. The van der Waals surface area contributed by atoms with Crippen LogP contribution in [0.5, 0.6) is 0 Å². The summed E-state index contributed by atoms with van der Waals surface area (Å²) in [6.07, 6.45) is -3.63. The van der Waals surface area contributed by atoms with Crippen molar-refractivity contribution in [2.75, 3.05) is 13.7 Å². The van der Waals surface area contributed by atoms with Gasteiger partial charge >= 0.3 is 0 Å². The summed E-state index contributed by atoms with van der Waals surface area (Å²) in [5.74, 6) is -0.892. The molecular formula is C24H24FN5O5. The number of aliphatic hydroxyl groups excluding tert-OH is 3. The standard InChI is InChI=1S/C24H24FN5O5/c1-29(23(34)17-10-14-5-2-3-8-16(14)26-17)24-22(33)20(21(32)19(12-31)35-24)30-11-18(27-28-30)13-6-4-7-15(25)9-13/h2-11,19-22,24,26,31-33H,12H2,1H3/t19?,20?,21-,22-,24+/m0/s1. The maximum absolute atomic E-state index is 13.6. The van der Waals surface area contributed by atoms with Crippen LogP contribution in [0.4, 0.5) is 4.39 Å². The van der Waals surface area contributed by atoms with Crippen LogP contribution in [0.25, 0.3) is 22.2 Å². The maximum atomic E-state index is 13.6. The number of rotatable bonds is 5. The third-order valence-electron chi connectivity index (χ3n) is 6.27. The fourth-order valence-corrected chi connectivity index (χ4v) is 4.41. The van der Waals surface area contributed by atoms with Gasteiger partial charge in [0.15, 0.2) is 6.23 Å². The van der Waals surface area contributed by atoms with Crippen molar-refractivity contribution in [2.45, 2.75) is 30.6 Å². The zero-order valence-electron chi connectivity index (χ0n) is 18.7. The van der Waals surface area contributed by atoms with Crippen molar-refractivity contribution in [1.29, 1.82) is 0 Å². The van der Waals surface area contributed by atoms with E-state index in [9.17, 15) is 24.5 Å². The fourth-order valence-electron chi connectivity index (χ4n) is 4.41. The molecule has 4 aromatic rings. The summed E-state index contributed by atoms with van der Waals surface area (Å²) in [6.45, 7) is -0.555. The first-order valence-corrected chi connectivity index (χ1v) is 11.0. The summed E-state index contributed by atoms with van der Waals surface area (Å²) in [5.41, 5.74) is 1.87. The first-order chi connectivity index (χ1) is 16.9. The molecule has 1 amide bonds. The number of para-hydroxylation sites is 1. The summed E-state index contributed by atoms with van der Waals surface area (Å²) in [7, 11) is 1.46. The van der Waals surface area contributed by atoms with E-state index in [1.165, 1.54) is 41.0 Å². The Labute approximate surface area is 199 Å². The highest BCUT2D eigenvalue weighted by Crippen LogP contribution is 2.32. The van der Waals surface area contributed by atoms with E-state index in [1.807, 2.05) is 24.3 Å². The van der Waals surface area contributed by atoms with E-state index in [0.29, 0.717) is 17.0 Å². The lowest BCUT2D eigenvalue weighted by atomic mass is 9.95. The Balaban J connectivity index is 1.44.